The van der Waals surface area contributed by atoms with Gasteiger partial charge in [0, 0.05) is 51.4 Å². The van der Waals surface area contributed by atoms with Crippen LogP contribution >= 0.6 is 0 Å². The smallest absolute Gasteiger partial charge is 0.407 e. The first kappa shape index (κ1) is 53.2. The van der Waals surface area contributed by atoms with Crippen molar-refractivity contribution in [3.63, 3.8) is 0 Å². The summed E-state index contributed by atoms with van der Waals surface area (Å²) >= 11 is 0. The summed E-state index contributed by atoms with van der Waals surface area (Å²) < 4.78 is 40.5. The van der Waals surface area contributed by atoms with Crippen LogP contribution in [0.2, 0.25) is 0 Å². The number of nitrogens with one attached hydrogen (secondary N) is 2. The summed E-state index contributed by atoms with van der Waals surface area (Å²) in [6.45, 7) is 7.82. The van der Waals surface area contributed by atoms with Gasteiger partial charge in [0.1, 0.15) is 11.4 Å². The highest BCUT2D eigenvalue weighted by molar-refractivity contribution is 5.94. The molecule has 6 rings (SSSR count). The highest BCUT2D eigenvalue weighted by atomic mass is 16.6. The van der Waals surface area contributed by atoms with Crippen molar-refractivity contribution in [1.82, 2.24) is 30.4 Å². The van der Waals surface area contributed by atoms with E-state index in [2.05, 4.69) is 30.4 Å². The maximum atomic E-state index is 13.1. The number of aromatic carboxylic acids is 2. The van der Waals surface area contributed by atoms with Crippen LogP contribution in [0.15, 0.2) is 60.7 Å². The van der Waals surface area contributed by atoms with Crippen LogP contribution in [-0.2, 0) is 39.7 Å². The number of alkyl carbamates (subject to hydrolysis) is 1. The van der Waals surface area contributed by atoms with E-state index in [4.69, 9.17) is 33.2 Å². The van der Waals surface area contributed by atoms with Crippen molar-refractivity contribution in [1.29, 1.82) is 0 Å². The lowest BCUT2D eigenvalue weighted by atomic mass is 9.99. The number of rotatable bonds is 19. The number of amides is 2. The van der Waals surface area contributed by atoms with Gasteiger partial charge in [0.05, 0.1) is 103 Å². The van der Waals surface area contributed by atoms with E-state index in [-0.39, 0.29) is 30.4 Å². The molecule has 69 heavy (non-hydrogen) atoms. The molecule has 2 aromatic heterocycles. The lowest BCUT2D eigenvalue weighted by Crippen LogP contribution is -2.36. The fraction of sp³-hybridized carbons (Fsp3) is 0.600. The topological polar surface area (TPSA) is 230 Å². The van der Waals surface area contributed by atoms with Gasteiger partial charge in [-0.15, -0.1) is 0 Å². The number of hydrogen-bond acceptors (Lipinski definition) is 15. The van der Waals surface area contributed by atoms with Crippen molar-refractivity contribution in [2.24, 2.45) is 17.8 Å². The van der Waals surface area contributed by atoms with Crippen LogP contribution in [0, 0.1) is 17.8 Å². The summed E-state index contributed by atoms with van der Waals surface area (Å²) in [7, 11) is 0. The number of carbonyl (C=O) groups is 4. The summed E-state index contributed by atoms with van der Waals surface area (Å²) in [5.41, 5.74) is 2.30. The standard InChI is InChI=1S/C50H70N6O13/c57-47(51-17-23-63-29-30-64-24-18-52-50(62)69-36-42-40-8-3-1-2-4-9-41(40)42)38-15-13-37(14-16-38)46(43-10-6-12-45(54-43)49(60)61)56-21-27-67-33-31-65-25-19-55(20-26-66-32-34-68-28-22-56)35-39-7-5-11-44(53-39)48(58)59/h5-7,10-16,40-42,46H,1-4,8-9,17-36H2,(H,51,57)(H,52,62)(H,58,59)(H,60,61). The Hall–Kier alpha value is -5.12. The summed E-state index contributed by atoms with van der Waals surface area (Å²) in [6.07, 6.45) is 7.34. The quantitative estimate of drug-likeness (QED) is 0.121. The van der Waals surface area contributed by atoms with E-state index < -0.39 is 24.1 Å². The van der Waals surface area contributed by atoms with Crippen molar-refractivity contribution in [3.05, 3.63) is 94.6 Å². The maximum Gasteiger partial charge on any atom is 0.407 e. The zero-order chi connectivity index (χ0) is 48.5. The van der Waals surface area contributed by atoms with Gasteiger partial charge < -0.3 is 54.0 Å². The molecule has 3 unspecified atom stereocenters. The van der Waals surface area contributed by atoms with Crippen LogP contribution in [0.4, 0.5) is 4.79 Å². The number of ether oxygens (including phenoxy) is 7. The van der Waals surface area contributed by atoms with Gasteiger partial charge in [-0.05, 0) is 72.6 Å². The number of carboxylic acid groups (broad SMARTS) is 2. The Labute approximate surface area is 404 Å². The molecule has 2 amide bonds. The van der Waals surface area contributed by atoms with Crippen molar-refractivity contribution in [2.45, 2.75) is 51.1 Å². The Morgan fingerprint density at radius 3 is 1.78 bits per heavy atom. The molecule has 4 N–H and O–H groups in total. The minimum absolute atomic E-state index is 0.00543. The van der Waals surface area contributed by atoms with E-state index in [1.807, 2.05) is 12.1 Å². The normalized spacial score (nSPS) is 21.0. The van der Waals surface area contributed by atoms with Crippen LogP contribution in [0.3, 0.4) is 0 Å². The second kappa shape index (κ2) is 29.8. The van der Waals surface area contributed by atoms with Gasteiger partial charge in [0.25, 0.3) is 5.91 Å². The van der Waals surface area contributed by atoms with E-state index in [0.29, 0.717) is 141 Å². The van der Waals surface area contributed by atoms with E-state index in [1.54, 1.807) is 36.4 Å². The molecule has 2 saturated carbocycles. The number of aromatic nitrogens is 2. The number of benzene rings is 1. The number of hydrogen-bond donors (Lipinski definition) is 4. The second-order valence-corrected chi connectivity index (χ2v) is 17.3. The third kappa shape index (κ3) is 18.6. The summed E-state index contributed by atoms with van der Waals surface area (Å²) in [5.74, 6) is -0.512. The van der Waals surface area contributed by atoms with Crippen molar-refractivity contribution >= 4 is 23.9 Å². The molecular weight excluding hydrogens is 893 g/mol. The lowest BCUT2D eigenvalue weighted by Gasteiger charge is -2.32. The van der Waals surface area contributed by atoms with Crippen molar-refractivity contribution in [2.75, 3.05) is 125 Å². The summed E-state index contributed by atoms with van der Waals surface area (Å²) in [4.78, 5) is 61.7. The molecule has 19 nitrogen and oxygen atoms in total. The third-order valence-corrected chi connectivity index (χ3v) is 12.6. The summed E-state index contributed by atoms with van der Waals surface area (Å²) in [6, 6.07) is 16.5. The molecule has 0 bridgehead atoms. The Morgan fingerprint density at radius 1 is 0.638 bits per heavy atom. The first-order chi connectivity index (χ1) is 33.8. The fourth-order valence-electron chi connectivity index (χ4n) is 8.91. The Morgan fingerprint density at radius 2 is 1.19 bits per heavy atom. The minimum atomic E-state index is -1.14. The highest BCUT2D eigenvalue weighted by Crippen LogP contribution is 2.53. The zero-order valence-corrected chi connectivity index (χ0v) is 39.6. The maximum absolute atomic E-state index is 13.1. The average Bonchev–Trinajstić information content (AvgIpc) is 4.00. The van der Waals surface area contributed by atoms with Crippen molar-refractivity contribution in [3.8, 4) is 0 Å². The van der Waals surface area contributed by atoms with E-state index in [9.17, 15) is 29.4 Å². The van der Waals surface area contributed by atoms with Gasteiger partial charge in [-0.2, -0.15) is 0 Å². The molecule has 0 spiro atoms. The molecule has 19 heteroatoms. The van der Waals surface area contributed by atoms with Gasteiger partial charge in [-0.25, -0.2) is 24.4 Å². The number of pyridine rings is 2. The van der Waals surface area contributed by atoms with Gasteiger partial charge in [0.2, 0.25) is 0 Å². The second-order valence-electron chi connectivity index (χ2n) is 17.3. The predicted octanol–water partition coefficient (Wildman–Crippen LogP) is 4.55. The van der Waals surface area contributed by atoms with Crippen LogP contribution in [-0.4, -0.2) is 179 Å². The Balaban J connectivity index is 0.930. The fourth-order valence-corrected chi connectivity index (χ4v) is 8.91. The highest BCUT2D eigenvalue weighted by Gasteiger charge is 2.49. The molecule has 3 atom stereocenters. The van der Waals surface area contributed by atoms with Crippen LogP contribution in [0.5, 0.6) is 0 Å². The van der Waals surface area contributed by atoms with Crippen LogP contribution in [0.25, 0.3) is 0 Å². The number of carboxylic acids is 2. The molecule has 0 radical (unpaired) electrons. The van der Waals surface area contributed by atoms with Gasteiger partial charge >= 0.3 is 18.0 Å². The zero-order valence-electron chi connectivity index (χ0n) is 39.6. The Bertz CT molecular complexity index is 1990. The largest absolute Gasteiger partial charge is 0.477 e. The van der Waals surface area contributed by atoms with E-state index in [0.717, 1.165) is 17.4 Å². The molecular formula is C50H70N6O13. The van der Waals surface area contributed by atoms with Crippen LogP contribution in [0.1, 0.15) is 92.9 Å². The molecule has 1 saturated heterocycles. The molecule has 3 aliphatic rings. The van der Waals surface area contributed by atoms with Gasteiger partial charge in [-0.1, -0.05) is 49.9 Å². The molecule has 3 fully saturated rings. The van der Waals surface area contributed by atoms with E-state index in [1.165, 1.54) is 50.7 Å². The number of fused-ring (bicyclic) bond motifs is 1. The molecule has 1 aromatic carbocycles. The average molecular weight is 963 g/mol. The van der Waals surface area contributed by atoms with Crippen LogP contribution < -0.4 is 10.6 Å². The lowest BCUT2D eigenvalue weighted by molar-refractivity contribution is 0.00331. The number of nitrogens with zero attached hydrogens (tertiary/aromatic N) is 4. The molecule has 1 aliphatic heterocycles. The predicted molar refractivity (Wildman–Crippen MR) is 252 cm³/mol. The first-order valence-electron chi connectivity index (χ1n) is 24.4. The molecule has 378 valence electrons. The summed E-state index contributed by atoms with van der Waals surface area (Å²) in [5, 5.41) is 24.8. The number of carbonyl (C=O) groups excluding carboxylic acids is 2. The molecule has 3 heterocycles. The Kier molecular flexibility index (Phi) is 23.0. The van der Waals surface area contributed by atoms with E-state index >= 15 is 0 Å². The minimum Gasteiger partial charge on any atom is -0.477 e. The SMILES string of the molecule is O=C(NCCOCCOCCNC(=O)c1ccc(C(c2cccc(C(=O)O)n2)N2CCOCCOCCN(Cc3cccc(C(=O)O)n3)CCOCCOCC2)cc1)OCC1C2CCCCCCC21. The van der Waals surface area contributed by atoms with Gasteiger partial charge in [-0.3, -0.25) is 14.6 Å². The third-order valence-electron chi connectivity index (χ3n) is 12.6. The van der Waals surface area contributed by atoms with Crippen molar-refractivity contribution < 1.29 is 62.5 Å². The first-order valence-corrected chi connectivity index (χ1v) is 24.4. The molecule has 2 aliphatic carbocycles. The van der Waals surface area contributed by atoms with Gasteiger partial charge in [0.15, 0.2) is 0 Å². The monoisotopic (exact) mass is 963 g/mol. The molecule has 3 aromatic rings.